The maximum Gasteiger partial charge on any atom is 0.341 e. The van der Waals surface area contributed by atoms with Gasteiger partial charge in [-0.15, -0.1) is 0 Å². The first-order valence-corrected chi connectivity index (χ1v) is 9.07. The standard InChI is InChI=1S/C20H31NO5/c1-7-11-25-17-10-9-15(12-16(17)18(22)24-6)21-19(23)20(5,26-8-2)13-14(3)4/h9-10,12,14H,7-8,11,13H2,1-6H3,(H,21,23)/t20-/m0/s1. The average Bonchev–Trinajstić information content (AvgIpc) is 2.59. The van der Waals surface area contributed by atoms with E-state index in [4.69, 9.17) is 14.2 Å². The van der Waals surface area contributed by atoms with E-state index in [1.807, 2.05) is 27.7 Å². The van der Waals surface area contributed by atoms with Crippen molar-refractivity contribution in [2.75, 3.05) is 25.6 Å². The summed E-state index contributed by atoms with van der Waals surface area (Å²) in [4.78, 5) is 24.8. The molecule has 0 aromatic heterocycles. The smallest absolute Gasteiger partial charge is 0.341 e. The molecule has 0 radical (unpaired) electrons. The van der Waals surface area contributed by atoms with Gasteiger partial charge in [0.2, 0.25) is 0 Å². The molecule has 1 atom stereocenters. The molecule has 146 valence electrons. The van der Waals surface area contributed by atoms with Crippen LogP contribution in [0.3, 0.4) is 0 Å². The Hall–Kier alpha value is -2.08. The third-order valence-electron chi connectivity index (χ3n) is 3.85. The van der Waals surface area contributed by atoms with Crippen molar-refractivity contribution in [1.82, 2.24) is 0 Å². The Kier molecular flexibility index (Phi) is 8.58. The lowest BCUT2D eigenvalue weighted by molar-refractivity contribution is -0.140. The molecular weight excluding hydrogens is 334 g/mol. The maximum absolute atomic E-state index is 12.8. The zero-order valence-electron chi connectivity index (χ0n) is 16.7. The number of amides is 1. The fraction of sp³-hybridized carbons (Fsp3) is 0.600. The molecule has 1 rings (SSSR count). The number of nitrogens with one attached hydrogen (secondary N) is 1. The number of esters is 1. The molecular formula is C20H31NO5. The summed E-state index contributed by atoms with van der Waals surface area (Å²) in [5, 5.41) is 2.85. The Morgan fingerprint density at radius 1 is 1.23 bits per heavy atom. The van der Waals surface area contributed by atoms with Gasteiger partial charge in [0.1, 0.15) is 16.9 Å². The van der Waals surface area contributed by atoms with Crippen LogP contribution in [-0.2, 0) is 14.3 Å². The van der Waals surface area contributed by atoms with Gasteiger partial charge in [-0.25, -0.2) is 4.79 Å². The van der Waals surface area contributed by atoms with Gasteiger partial charge in [0, 0.05) is 12.3 Å². The second-order valence-corrected chi connectivity index (χ2v) is 6.77. The van der Waals surface area contributed by atoms with E-state index in [0.29, 0.717) is 37.0 Å². The normalized spacial score (nSPS) is 13.2. The molecule has 1 aromatic carbocycles. The second kappa shape index (κ2) is 10.2. The predicted molar refractivity (Wildman–Crippen MR) is 102 cm³/mol. The molecule has 6 nitrogen and oxygen atoms in total. The van der Waals surface area contributed by atoms with Crippen molar-refractivity contribution in [2.24, 2.45) is 5.92 Å². The summed E-state index contributed by atoms with van der Waals surface area (Å²) in [6, 6.07) is 4.94. The van der Waals surface area contributed by atoms with Crippen molar-refractivity contribution in [2.45, 2.75) is 53.1 Å². The van der Waals surface area contributed by atoms with E-state index < -0.39 is 11.6 Å². The maximum atomic E-state index is 12.8. The van der Waals surface area contributed by atoms with Gasteiger partial charge >= 0.3 is 5.97 Å². The largest absolute Gasteiger partial charge is 0.493 e. The van der Waals surface area contributed by atoms with Crippen molar-refractivity contribution >= 4 is 17.6 Å². The number of ether oxygens (including phenoxy) is 3. The van der Waals surface area contributed by atoms with Crippen molar-refractivity contribution in [3.63, 3.8) is 0 Å². The second-order valence-electron chi connectivity index (χ2n) is 6.77. The van der Waals surface area contributed by atoms with Crippen molar-refractivity contribution < 1.29 is 23.8 Å². The summed E-state index contributed by atoms with van der Waals surface area (Å²) in [7, 11) is 1.31. The highest BCUT2D eigenvalue weighted by Gasteiger charge is 2.34. The third-order valence-corrected chi connectivity index (χ3v) is 3.85. The molecule has 1 amide bonds. The average molecular weight is 365 g/mol. The monoisotopic (exact) mass is 365 g/mol. The highest BCUT2D eigenvalue weighted by Crippen LogP contribution is 2.27. The van der Waals surface area contributed by atoms with Crippen LogP contribution in [0.25, 0.3) is 0 Å². The van der Waals surface area contributed by atoms with E-state index in [9.17, 15) is 9.59 Å². The van der Waals surface area contributed by atoms with Crippen LogP contribution in [0.15, 0.2) is 18.2 Å². The van der Waals surface area contributed by atoms with E-state index >= 15 is 0 Å². The number of carbonyl (C=O) groups is 2. The van der Waals surface area contributed by atoms with Crippen LogP contribution in [0.2, 0.25) is 0 Å². The van der Waals surface area contributed by atoms with Crippen LogP contribution in [0.1, 0.15) is 57.8 Å². The van der Waals surface area contributed by atoms with Crippen LogP contribution < -0.4 is 10.1 Å². The summed E-state index contributed by atoms with van der Waals surface area (Å²) in [5.41, 5.74) is -0.166. The van der Waals surface area contributed by atoms with E-state index in [0.717, 1.165) is 6.42 Å². The number of rotatable bonds is 10. The molecule has 0 aliphatic heterocycles. The number of benzene rings is 1. The Morgan fingerprint density at radius 3 is 2.46 bits per heavy atom. The molecule has 0 saturated carbocycles. The van der Waals surface area contributed by atoms with E-state index in [2.05, 4.69) is 5.32 Å². The predicted octanol–water partition coefficient (Wildman–Crippen LogP) is 4.04. The van der Waals surface area contributed by atoms with Gasteiger partial charge in [-0.3, -0.25) is 4.79 Å². The number of methoxy groups -OCH3 is 1. The molecule has 0 heterocycles. The number of carbonyl (C=O) groups excluding carboxylic acids is 2. The minimum atomic E-state index is -0.939. The Morgan fingerprint density at radius 2 is 1.92 bits per heavy atom. The summed E-state index contributed by atoms with van der Waals surface area (Å²) in [5.74, 6) is -0.0211. The van der Waals surface area contributed by atoms with Gasteiger partial charge < -0.3 is 19.5 Å². The molecule has 6 heteroatoms. The summed E-state index contributed by atoms with van der Waals surface area (Å²) >= 11 is 0. The third kappa shape index (κ3) is 6.02. The molecule has 0 aliphatic rings. The molecule has 0 fully saturated rings. The quantitative estimate of drug-likeness (QED) is 0.633. The van der Waals surface area contributed by atoms with Crippen molar-refractivity contribution in [1.29, 1.82) is 0 Å². The zero-order chi connectivity index (χ0) is 19.7. The topological polar surface area (TPSA) is 73.9 Å². The molecule has 0 aliphatic carbocycles. The molecule has 0 unspecified atom stereocenters. The fourth-order valence-electron chi connectivity index (χ4n) is 2.79. The van der Waals surface area contributed by atoms with Gasteiger partial charge in [0.25, 0.3) is 5.91 Å². The molecule has 0 spiro atoms. The summed E-state index contributed by atoms with van der Waals surface area (Å²) in [6.45, 7) is 10.6. The van der Waals surface area contributed by atoms with Gasteiger partial charge in [-0.1, -0.05) is 20.8 Å². The lowest BCUT2D eigenvalue weighted by Gasteiger charge is -2.30. The highest BCUT2D eigenvalue weighted by molar-refractivity contribution is 5.99. The van der Waals surface area contributed by atoms with Crippen LogP contribution in [0.4, 0.5) is 5.69 Å². The number of anilines is 1. The van der Waals surface area contributed by atoms with Crippen LogP contribution >= 0.6 is 0 Å². The van der Waals surface area contributed by atoms with Crippen LogP contribution in [-0.4, -0.2) is 37.8 Å². The highest BCUT2D eigenvalue weighted by atomic mass is 16.5. The molecule has 1 N–H and O–H groups in total. The van der Waals surface area contributed by atoms with E-state index in [-0.39, 0.29) is 11.5 Å². The van der Waals surface area contributed by atoms with Gasteiger partial charge in [0.05, 0.1) is 13.7 Å². The zero-order valence-corrected chi connectivity index (χ0v) is 16.7. The van der Waals surface area contributed by atoms with Crippen molar-refractivity contribution in [3.8, 4) is 5.75 Å². The first-order valence-electron chi connectivity index (χ1n) is 9.07. The summed E-state index contributed by atoms with van der Waals surface area (Å²) < 4.78 is 16.1. The molecule has 0 bridgehead atoms. The van der Waals surface area contributed by atoms with Gasteiger partial charge in [0.15, 0.2) is 0 Å². The Labute approximate surface area is 156 Å². The van der Waals surface area contributed by atoms with Crippen LogP contribution in [0, 0.1) is 5.92 Å². The number of hydrogen-bond donors (Lipinski definition) is 1. The first-order chi connectivity index (χ1) is 12.3. The molecule has 1 aromatic rings. The summed E-state index contributed by atoms with van der Waals surface area (Å²) in [6.07, 6.45) is 1.41. The van der Waals surface area contributed by atoms with Crippen LogP contribution in [0.5, 0.6) is 5.75 Å². The minimum absolute atomic E-state index is 0.244. The van der Waals surface area contributed by atoms with Gasteiger partial charge in [-0.05, 0) is 50.8 Å². The fourth-order valence-corrected chi connectivity index (χ4v) is 2.79. The lowest BCUT2D eigenvalue weighted by atomic mass is 9.93. The van der Waals surface area contributed by atoms with E-state index in [1.54, 1.807) is 25.1 Å². The molecule has 0 saturated heterocycles. The first kappa shape index (κ1) is 22.0. The Balaban J connectivity index is 3.07. The van der Waals surface area contributed by atoms with Gasteiger partial charge in [-0.2, -0.15) is 0 Å². The number of hydrogen-bond acceptors (Lipinski definition) is 5. The van der Waals surface area contributed by atoms with Crippen molar-refractivity contribution in [3.05, 3.63) is 23.8 Å². The Bertz CT molecular complexity index is 614. The lowest BCUT2D eigenvalue weighted by Crippen LogP contribution is -2.44. The van der Waals surface area contributed by atoms with E-state index in [1.165, 1.54) is 7.11 Å². The minimum Gasteiger partial charge on any atom is -0.493 e. The SMILES string of the molecule is CCCOc1ccc(NC(=O)[C@](C)(CC(C)C)OCC)cc1C(=O)OC. The molecule has 26 heavy (non-hydrogen) atoms.